The smallest absolute Gasteiger partial charge is 0.210 e. The maximum absolute atomic E-state index is 12.2. The molecule has 1 heterocycles. The number of carbonyl (C=O) groups is 1. The van der Waals surface area contributed by atoms with E-state index in [2.05, 4.69) is 15.9 Å². The molecule has 3 rings (SSSR count). The molecule has 1 aliphatic rings. The molecular weight excluding hydrogens is 308 g/mol. The molecule has 96 valence electrons. The fourth-order valence-electron chi connectivity index (χ4n) is 2.16. The standard InChI is InChI=1S/C15H11BrO3/c16-10-7-5-9(6-8-10)13(17)15-14(18)11-3-1-2-4-12(11)19-15/h1-8,13,15,17H/t13-,15+/m0/s1. The summed E-state index contributed by atoms with van der Waals surface area (Å²) in [5.74, 6) is 0.361. The molecule has 1 N–H and O–H groups in total. The number of carbonyl (C=O) groups excluding carboxylic acids is 1. The molecule has 0 spiro atoms. The average molecular weight is 319 g/mol. The minimum absolute atomic E-state index is 0.175. The first-order valence-electron chi connectivity index (χ1n) is 5.90. The largest absolute Gasteiger partial charge is 0.478 e. The van der Waals surface area contributed by atoms with E-state index in [4.69, 9.17) is 4.74 Å². The number of para-hydroxylation sites is 1. The topological polar surface area (TPSA) is 46.5 Å². The van der Waals surface area contributed by atoms with Crippen molar-refractivity contribution in [3.8, 4) is 5.75 Å². The summed E-state index contributed by atoms with van der Waals surface area (Å²) in [6.07, 6.45) is -1.83. The van der Waals surface area contributed by atoms with Crippen LogP contribution in [0.3, 0.4) is 0 Å². The number of ether oxygens (including phenoxy) is 1. The Kier molecular flexibility index (Phi) is 3.12. The van der Waals surface area contributed by atoms with Gasteiger partial charge < -0.3 is 9.84 Å². The Morgan fingerprint density at radius 1 is 1.11 bits per heavy atom. The Balaban J connectivity index is 1.89. The van der Waals surface area contributed by atoms with Crippen LogP contribution in [0.5, 0.6) is 5.75 Å². The van der Waals surface area contributed by atoms with Crippen LogP contribution in [0.1, 0.15) is 22.0 Å². The Hall–Kier alpha value is -1.65. The van der Waals surface area contributed by atoms with Gasteiger partial charge in [0, 0.05) is 4.47 Å². The highest BCUT2D eigenvalue weighted by molar-refractivity contribution is 9.10. The third-order valence-corrected chi connectivity index (χ3v) is 3.69. The first kappa shape index (κ1) is 12.4. The van der Waals surface area contributed by atoms with E-state index in [0.29, 0.717) is 16.9 Å². The van der Waals surface area contributed by atoms with Crippen LogP contribution >= 0.6 is 15.9 Å². The van der Waals surface area contributed by atoms with Crippen molar-refractivity contribution >= 4 is 21.7 Å². The third kappa shape index (κ3) is 2.17. The summed E-state index contributed by atoms with van der Waals surface area (Å²) in [6, 6.07) is 14.2. The van der Waals surface area contributed by atoms with E-state index < -0.39 is 12.2 Å². The lowest BCUT2D eigenvalue weighted by Crippen LogP contribution is -2.28. The number of aliphatic hydroxyl groups is 1. The lowest BCUT2D eigenvalue weighted by Gasteiger charge is -2.17. The lowest BCUT2D eigenvalue weighted by atomic mass is 9.99. The van der Waals surface area contributed by atoms with Gasteiger partial charge in [0.25, 0.3) is 0 Å². The van der Waals surface area contributed by atoms with Crippen molar-refractivity contribution in [2.45, 2.75) is 12.2 Å². The normalized spacial score (nSPS) is 18.8. The number of hydrogen-bond donors (Lipinski definition) is 1. The van der Waals surface area contributed by atoms with Crippen LogP contribution in [-0.4, -0.2) is 17.0 Å². The number of fused-ring (bicyclic) bond motifs is 1. The average Bonchev–Trinajstić information content (AvgIpc) is 2.77. The van der Waals surface area contributed by atoms with Gasteiger partial charge in [0.1, 0.15) is 11.9 Å². The fourth-order valence-corrected chi connectivity index (χ4v) is 2.42. The molecule has 0 bridgehead atoms. The van der Waals surface area contributed by atoms with E-state index in [0.717, 1.165) is 4.47 Å². The minimum Gasteiger partial charge on any atom is -0.478 e. The van der Waals surface area contributed by atoms with Crippen LogP contribution in [0.15, 0.2) is 53.0 Å². The summed E-state index contributed by atoms with van der Waals surface area (Å²) in [6.45, 7) is 0. The maximum atomic E-state index is 12.2. The molecular formula is C15H11BrO3. The van der Waals surface area contributed by atoms with Gasteiger partial charge in [-0.05, 0) is 29.8 Å². The zero-order chi connectivity index (χ0) is 13.4. The molecule has 0 aromatic heterocycles. The van der Waals surface area contributed by atoms with Crippen molar-refractivity contribution in [1.82, 2.24) is 0 Å². The summed E-state index contributed by atoms with van der Waals surface area (Å²) < 4.78 is 6.48. The van der Waals surface area contributed by atoms with Gasteiger partial charge in [-0.3, -0.25) is 4.79 Å². The highest BCUT2D eigenvalue weighted by atomic mass is 79.9. The number of aliphatic hydroxyl groups excluding tert-OH is 1. The minimum atomic E-state index is -0.965. The van der Waals surface area contributed by atoms with Crippen LogP contribution in [-0.2, 0) is 0 Å². The second kappa shape index (κ2) is 4.79. The van der Waals surface area contributed by atoms with Crippen LogP contribution < -0.4 is 4.74 Å². The Morgan fingerprint density at radius 2 is 1.79 bits per heavy atom. The van der Waals surface area contributed by atoms with Gasteiger partial charge in [0.15, 0.2) is 6.10 Å². The SMILES string of the molecule is O=C1c2ccccc2O[C@@H]1[C@@H](O)c1ccc(Br)cc1. The monoisotopic (exact) mass is 318 g/mol. The molecule has 0 aliphatic carbocycles. The van der Waals surface area contributed by atoms with Gasteiger partial charge in [0.2, 0.25) is 5.78 Å². The van der Waals surface area contributed by atoms with Crippen molar-refractivity contribution in [1.29, 1.82) is 0 Å². The summed E-state index contributed by atoms with van der Waals surface area (Å²) in [5, 5.41) is 10.3. The molecule has 19 heavy (non-hydrogen) atoms. The third-order valence-electron chi connectivity index (χ3n) is 3.16. The first-order chi connectivity index (χ1) is 9.16. The molecule has 0 unspecified atom stereocenters. The Morgan fingerprint density at radius 3 is 2.47 bits per heavy atom. The Labute approximate surface area is 119 Å². The summed E-state index contributed by atoms with van der Waals surface area (Å²) in [5.41, 5.74) is 1.19. The lowest BCUT2D eigenvalue weighted by molar-refractivity contribution is 0.0407. The molecule has 0 saturated heterocycles. The molecule has 2 aromatic rings. The van der Waals surface area contributed by atoms with Crippen molar-refractivity contribution in [3.05, 3.63) is 64.1 Å². The highest BCUT2D eigenvalue weighted by Gasteiger charge is 2.37. The number of halogens is 1. The predicted octanol–water partition coefficient (Wildman–Crippen LogP) is 3.13. The molecule has 2 aromatic carbocycles. The highest BCUT2D eigenvalue weighted by Crippen LogP contribution is 2.34. The van der Waals surface area contributed by atoms with E-state index in [1.165, 1.54) is 0 Å². The van der Waals surface area contributed by atoms with Gasteiger partial charge in [0.05, 0.1) is 5.56 Å². The molecule has 3 nitrogen and oxygen atoms in total. The van der Waals surface area contributed by atoms with E-state index in [-0.39, 0.29) is 5.78 Å². The molecule has 2 atom stereocenters. The van der Waals surface area contributed by atoms with Gasteiger partial charge in [-0.15, -0.1) is 0 Å². The summed E-state index contributed by atoms with van der Waals surface area (Å²) in [4.78, 5) is 12.2. The van der Waals surface area contributed by atoms with Crippen LogP contribution in [0, 0.1) is 0 Å². The molecule has 0 radical (unpaired) electrons. The molecule has 0 fully saturated rings. The number of rotatable bonds is 2. The second-order valence-electron chi connectivity index (χ2n) is 4.40. The van der Waals surface area contributed by atoms with Gasteiger partial charge in [-0.25, -0.2) is 0 Å². The summed E-state index contributed by atoms with van der Waals surface area (Å²) >= 11 is 3.33. The molecule has 4 heteroatoms. The van der Waals surface area contributed by atoms with Crippen molar-refractivity contribution in [2.75, 3.05) is 0 Å². The van der Waals surface area contributed by atoms with E-state index in [1.54, 1.807) is 36.4 Å². The van der Waals surface area contributed by atoms with Crippen molar-refractivity contribution < 1.29 is 14.6 Å². The summed E-state index contributed by atoms with van der Waals surface area (Å²) in [7, 11) is 0. The zero-order valence-corrected chi connectivity index (χ0v) is 11.5. The Bertz CT molecular complexity index is 622. The van der Waals surface area contributed by atoms with Gasteiger partial charge >= 0.3 is 0 Å². The van der Waals surface area contributed by atoms with E-state index in [1.807, 2.05) is 12.1 Å². The molecule has 0 saturated carbocycles. The van der Waals surface area contributed by atoms with Gasteiger partial charge in [-0.2, -0.15) is 0 Å². The van der Waals surface area contributed by atoms with Gasteiger partial charge in [-0.1, -0.05) is 40.2 Å². The number of Topliss-reactive ketones (excluding diaryl/α,β-unsaturated/α-hetero) is 1. The number of hydrogen-bond acceptors (Lipinski definition) is 3. The molecule has 1 aliphatic heterocycles. The predicted molar refractivity (Wildman–Crippen MR) is 74.3 cm³/mol. The van der Waals surface area contributed by atoms with Crippen LogP contribution in [0.2, 0.25) is 0 Å². The van der Waals surface area contributed by atoms with Crippen molar-refractivity contribution in [2.24, 2.45) is 0 Å². The maximum Gasteiger partial charge on any atom is 0.210 e. The number of ketones is 1. The molecule has 0 amide bonds. The second-order valence-corrected chi connectivity index (χ2v) is 5.31. The number of benzene rings is 2. The van der Waals surface area contributed by atoms with E-state index in [9.17, 15) is 9.90 Å². The zero-order valence-electron chi connectivity index (χ0n) is 9.92. The quantitative estimate of drug-likeness (QED) is 0.925. The fraction of sp³-hybridized carbons (Fsp3) is 0.133. The first-order valence-corrected chi connectivity index (χ1v) is 6.69. The van der Waals surface area contributed by atoms with Crippen LogP contribution in [0.4, 0.5) is 0 Å². The van der Waals surface area contributed by atoms with Crippen molar-refractivity contribution in [3.63, 3.8) is 0 Å². The van der Waals surface area contributed by atoms with Crippen LogP contribution in [0.25, 0.3) is 0 Å². The van der Waals surface area contributed by atoms with E-state index >= 15 is 0 Å².